The van der Waals surface area contributed by atoms with Crippen LogP contribution in [0.4, 0.5) is 13.2 Å². The predicted octanol–water partition coefficient (Wildman–Crippen LogP) is 3.92. The molecule has 3 aromatic heterocycles. The van der Waals surface area contributed by atoms with Gasteiger partial charge in [0.15, 0.2) is 14.9 Å². The summed E-state index contributed by atoms with van der Waals surface area (Å²) in [4.78, 5) is 16.7. The molecule has 10 heteroatoms. The first-order valence-corrected chi connectivity index (χ1v) is 10.1. The molecule has 0 bridgehead atoms. The lowest BCUT2D eigenvalue weighted by molar-refractivity contribution is -0.137. The van der Waals surface area contributed by atoms with E-state index in [0.717, 1.165) is 16.5 Å². The highest BCUT2D eigenvalue weighted by Crippen LogP contribution is 2.33. The quantitative estimate of drug-likeness (QED) is 0.468. The van der Waals surface area contributed by atoms with Crippen LogP contribution < -0.4 is 5.63 Å². The minimum atomic E-state index is -4.67. The Kier molecular flexibility index (Phi) is 4.26. The van der Waals surface area contributed by atoms with Crippen molar-refractivity contribution in [3.63, 3.8) is 0 Å². The maximum Gasteiger partial charge on any atom is 0.417 e. The average molecular weight is 422 g/mol. The normalized spacial score (nSPS) is 12.7. The molecule has 0 spiro atoms. The fourth-order valence-electron chi connectivity index (χ4n) is 3.03. The monoisotopic (exact) mass is 422 g/mol. The summed E-state index contributed by atoms with van der Waals surface area (Å²) in [5, 5.41) is 0.0404. The molecule has 0 N–H and O–H groups in total. The van der Waals surface area contributed by atoms with E-state index in [9.17, 15) is 26.4 Å². The molecule has 4 rings (SSSR count). The van der Waals surface area contributed by atoms with Crippen molar-refractivity contribution in [2.45, 2.75) is 18.1 Å². The van der Waals surface area contributed by atoms with Crippen LogP contribution in [0.15, 0.2) is 62.9 Å². The van der Waals surface area contributed by atoms with Crippen LogP contribution >= 0.6 is 0 Å². The molecule has 0 amide bonds. The summed E-state index contributed by atoms with van der Waals surface area (Å²) in [6.45, 7) is 1.36. The number of para-hydroxylation sites is 1. The number of nitrogens with zero attached hydrogens (tertiary/aromatic N) is 2. The first-order chi connectivity index (χ1) is 13.6. The molecule has 0 fully saturated rings. The molecule has 4 aromatic rings. The molecule has 0 radical (unpaired) electrons. The number of hydrogen-bond acceptors (Lipinski definition) is 5. The van der Waals surface area contributed by atoms with Crippen molar-refractivity contribution in [3.05, 3.63) is 64.6 Å². The number of aromatic nitrogens is 2. The summed E-state index contributed by atoms with van der Waals surface area (Å²) in [6, 6.07) is 9.89. The van der Waals surface area contributed by atoms with Crippen LogP contribution in [0.5, 0.6) is 0 Å². The van der Waals surface area contributed by atoms with Gasteiger partial charge >= 0.3 is 11.8 Å². The van der Waals surface area contributed by atoms with Crippen molar-refractivity contribution < 1.29 is 26.0 Å². The highest BCUT2D eigenvalue weighted by molar-refractivity contribution is 7.91. The van der Waals surface area contributed by atoms with Gasteiger partial charge in [0, 0.05) is 11.6 Å². The van der Waals surface area contributed by atoms with Gasteiger partial charge in [-0.05, 0) is 24.3 Å². The predicted molar refractivity (Wildman–Crippen MR) is 99.4 cm³/mol. The minimum Gasteiger partial charge on any atom is -0.422 e. The van der Waals surface area contributed by atoms with Gasteiger partial charge in [-0.15, -0.1) is 0 Å². The molecule has 0 atom stereocenters. The molecule has 150 valence electrons. The van der Waals surface area contributed by atoms with E-state index >= 15 is 0 Å². The van der Waals surface area contributed by atoms with Crippen LogP contribution in [0, 0.1) is 0 Å². The Bertz CT molecular complexity index is 1420. The van der Waals surface area contributed by atoms with Crippen molar-refractivity contribution in [3.8, 4) is 11.3 Å². The minimum absolute atomic E-state index is 0.0346. The van der Waals surface area contributed by atoms with Crippen LogP contribution in [0.3, 0.4) is 0 Å². The summed E-state index contributed by atoms with van der Waals surface area (Å²) < 4.78 is 71.0. The number of fused-ring (bicyclic) bond motifs is 2. The van der Waals surface area contributed by atoms with Crippen LogP contribution in [-0.4, -0.2) is 23.6 Å². The van der Waals surface area contributed by atoms with E-state index in [0.29, 0.717) is 17.2 Å². The Morgan fingerprint density at radius 1 is 1.14 bits per heavy atom. The van der Waals surface area contributed by atoms with Gasteiger partial charge in [-0.3, -0.25) is 4.40 Å². The van der Waals surface area contributed by atoms with Crippen LogP contribution in [0.1, 0.15) is 12.5 Å². The zero-order chi connectivity index (χ0) is 21.0. The fourth-order valence-corrected chi connectivity index (χ4v) is 4.20. The molecule has 0 unspecified atom stereocenters. The summed E-state index contributed by atoms with van der Waals surface area (Å²) in [7, 11) is -4.04. The van der Waals surface area contributed by atoms with Crippen LogP contribution in [0.25, 0.3) is 27.9 Å². The summed E-state index contributed by atoms with van der Waals surface area (Å²) in [5.74, 6) is -0.386. The van der Waals surface area contributed by atoms with Gasteiger partial charge in [0.1, 0.15) is 16.9 Å². The largest absolute Gasteiger partial charge is 0.422 e. The van der Waals surface area contributed by atoms with E-state index < -0.39 is 32.2 Å². The van der Waals surface area contributed by atoms with E-state index in [4.69, 9.17) is 4.42 Å². The van der Waals surface area contributed by atoms with Crippen molar-refractivity contribution in [2.24, 2.45) is 0 Å². The number of alkyl halides is 3. The molecule has 3 heterocycles. The molecular weight excluding hydrogens is 409 g/mol. The Balaban J connectivity index is 2.11. The molecular formula is C19H13F3N2O4S. The standard InChI is InChI=1S/C19H13F3N2O4S/c1-2-29(26,27)17-16(13-9-11-5-3-4-6-14(11)28-18(13)25)23-15-8-7-12(10-24(15)17)19(20,21)22/h3-10H,2H2,1H3. The second kappa shape index (κ2) is 6.45. The number of halogens is 3. The van der Waals surface area contributed by atoms with Gasteiger partial charge in [0.25, 0.3) is 0 Å². The highest BCUT2D eigenvalue weighted by atomic mass is 32.2. The van der Waals surface area contributed by atoms with Gasteiger partial charge < -0.3 is 4.42 Å². The van der Waals surface area contributed by atoms with E-state index in [1.165, 1.54) is 13.0 Å². The smallest absolute Gasteiger partial charge is 0.417 e. The van der Waals surface area contributed by atoms with E-state index in [-0.39, 0.29) is 22.7 Å². The van der Waals surface area contributed by atoms with Crippen molar-refractivity contribution in [1.29, 1.82) is 0 Å². The molecule has 6 nitrogen and oxygen atoms in total. The maximum atomic E-state index is 13.1. The number of pyridine rings is 1. The molecule has 0 saturated heterocycles. The lowest BCUT2D eigenvalue weighted by Gasteiger charge is -2.09. The number of imidazole rings is 1. The van der Waals surface area contributed by atoms with Crippen molar-refractivity contribution in [2.75, 3.05) is 5.75 Å². The lowest BCUT2D eigenvalue weighted by Crippen LogP contribution is -2.12. The summed E-state index contributed by atoms with van der Waals surface area (Å²) >= 11 is 0. The first-order valence-electron chi connectivity index (χ1n) is 8.47. The molecule has 0 aliphatic carbocycles. The second-order valence-electron chi connectivity index (χ2n) is 6.30. The molecule has 0 saturated carbocycles. The Labute approximate surface area is 162 Å². The van der Waals surface area contributed by atoms with Crippen LogP contribution in [-0.2, 0) is 16.0 Å². The molecule has 0 aliphatic rings. The van der Waals surface area contributed by atoms with Crippen molar-refractivity contribution >= 4 is 26.5 Å². The maximum absolute atomic E-state index is 13.1. The summed E-state index contributed by atoms with van der Waals surface area (Å²) in [5.41, 5.74) is -2.00. The third-order valence-electron chi connectivity index (χ3n) is 4.47. The fraction of sp³-hybridized carbons (Fsp3) is 0.158. The SMILES string of the molecule is CCS(=O)(=O)c1c(-c2cc3ccccc3oc2=O)nc2ccc(C(F)(F)F)cn12. The van der Waals surface area contributed by atoms with E-state index in [1.54, 1.807) is 24.3 Å². The van der Waals surface area contributed by atoms with E-state index in [1.807, 2.05) is 0 Å². The number of rotatable bonds is 3. The molecule has 0 aliphatic heterocycles. The zero-order valence-corrected chi connectivity index (χ0v) is 15.7. The lowest BCUT2D eigenvalue weighted by atomic mass is 10.1. The van der Waals surface area contributed by atoms with Gasteiger partial charge in [-0.1, -0.05) is 25.1 Å². The molecule has 29 heavy (non-hydrogen) atoms. The van der Waals surface area contributed by atoms with Crippen molar-refractivity contribution in [1.82, 2.24) is 9.38 Å². The van der Waals surface area contributed by atoms with Crippen LogP contribution in [0.2, 0.25) is 0 Å². The number of hydrogen-bond donors (Lipinski definition) is 0. The molecule has 1 aromatic carbocycles. The first kappa shape index (κ1) is 19.2. The van der Waals surface area contributed by atoms with Gasteiger partial charge in [0.2, 0.25) is 0 Å². The third kappa shape index (κ3) is 3.19. The van der Waals surface area contributed by atoms with Gasteiger partial charge in [-0.2, -0.15) is 13.2 Å². The second-order valence-corrected chi connectivity index (χ2v) is 8.49. The van der Waals surface area contributed by atoms with E-state index in [2.05, 4.69) is 4.98 Å². The summed E-state index contributed by atoms with van der Waals surface area (Å²) in [6.07, 6.45) is -4.01. The average Bonchev–Trinajstić information content (AvgIpc) is 3.06. The Morgan fingerprint density at radius 2 is 1.86 bits per heavy atom. The number of sulfone groups is 1. The third-order valence-corrected chi connectivity index (χ3v) is 6.21. The zero-order valence-electron chi connectivity index (χ0n) is 14.9. The highest BCUT2D eigenvalue weighted by Gasteiger charge is 2.33. The Hall–Kier alpha value is -3.14. The van der Waals surface area contributed by atoms with Gasteiger partial charge in [0.05, 0.1) is 16.9 Å². The Morgan fingerprint density at radius 3 is 2.55 bits per heavy atom. The number of benzene rings is 1. The topological polar surface area (TPSA) is 81.6 Å². The van der Waals surface area contributed by atoms with Gasteiger partial charge in [-0.25, -0.2) is 18.2 Å².